The molecule has 8 heteroatoms. The number of aliphatic carboxylic acids is 1. The van der Waals surface area contributed by atoms with E-state index in [1.807, 2.05) is 30.3 Å². The molecule has 0 fully saturated rings. The number of fused-ring (bicyclic) bond motifs is 1. The first-order valence-corrected chi connectivity index (χ1v) is 9.59. The molecule has 1 aromatic heterocycles. The zero-order chi connectivity index (χ0) is 21.5. The predicted molar refractivity (Wildman–Crippen MR) is 113 cm³/mol. The monoisotopic (exact) mass is 408 g/mol. The lowest BCUT2D eigenvalue weighted by Crippen LogP contribution is -2.53. The van der Waals surface area contributed by atoms with E-state index in [1.165, 1.54) is 0 Å². The van der Waals surface area contributed by atoms with Crippen molar-refractivity contribution in [1.82, 2.24) is 15.6 Å². The molecule has 0 aliphatic carbocycles. The van der Waals surface area contributed by atoms with Crippen LogP contribution in [0.15, 0.2) is 60.8 Å². The van der Waals surface area contributed by atoms with Crippen LogP contribution in [0.4, 0.5) is 0 Å². The number of aromatic amines is 1. The molecule has 0 saturated heterocycles. The molecule has 156 valence electrons. The Morgan fingerprint density at radius 2 is 1.63 bits per heavy atom. The van der Waals surface area contributed by atoms with E-state index in [-0.39, 0.29) is 19.4 Å². The largest absolute Gasteiger partial charge is 0.480 e. The summed E-state index contributed by atoms with van der Waals surface area (Å²) in [6.07, 6.45) is 2.10. The van der Waals surface area contributed by atoms with Crippen LogP contribution in [-0.4, -0.2) is 46.5 Å². The normalized spacial score (nSPS) is 12.8. The Balaban J connectivity index is 1.78. The average Bonchev–Trinajstić information content (AvgIpc) is 3.16. The van der Waals surface area contributed by atoms with E-state index in [4.69, 9.17) is 5.73 Å². The van der Waals surface area contributed by atoms with Crippen molar-refractivity contribution in [1.29, 1.82) is 0 Å². The maximum absolute atomic E-state index is 12.9. The molecule has 2 amide bonds. The Bertz CT molecular complexity index is 1030. The first-order chi connectivity index (χ1) is 14.5. The number of benzene rings is 2. The zero-order valence-corrected chi connectivity index (χ0v) is 16.3. The number of hydrogen-bond acceptors (Lipinski definition) is 4. The van der Waals surface area contributed by atoms with Crippen molar-refractivity contribution in [3.8, 4) is 0 Å². The van der Waals surface area contributed by atoms with Gasteiger partial charge in [0.05, 0.1) is 6.54 Å². The van der Waals surface area contributed by atoms with Gasteiger partial charge in [-0.2, -0.15) is 0 Å². The van der Waals surface area contributed by atoms with E-state index in [9.17, 15) is 19.5 Å². The van der Waals surface area contributed by atoms with Crippen LogP contribution < -0.4 is 16.4 Å². The number of carbonyl (C=O) groups is 3. The third-order valence-corrected chi connectivity index (χ3v) is 4.83. The van der Waals surface area contributed by atoms with Gasteiger partial charge in [-0.3, -0.25) is 9.59 Å². The van der Waals surface area contributed by atoms with Gasteiger partial charge in [-0.1, -0.05) is 48.5 Å². The molecule has 30 heavy (non-hydrogen) atoms. The van der Waals surface area contributed by atoms with Crippen LogP contribution in [0, 0.1) is 0 Å². The summed E-state index contributed by atoms with van der Waals surface area (Å²) in [5.41, 5.74) is 7.91. The number of carboxylic acids is 1. The molecule has 0 saturated carbocycles. The van der Waals surface area contributed by atoms with Gasteiger partial charge in [-0.15, -0.1) is 0 Å². The number of H-pyrrole nitrogens is 1. The van der Waals surface area contributed by atoms with Crippen LogP contribution in [-0.2, 0) is 27.2 Å². The number of aromatic nitrogens is 1. The SMILES string of the molecule is NCC(=O)NC(Cc1c[nH]c2ccccc12)C(=O)NC(Cc1ccccc1)C(=O)O. The van der Waals surface area contributed by atoms with Crippen molar-refractivity contribution >= 4 is 28.7 Å². The summed E-state index contributed by atoms with van der Waals surface area (Å²) in [6, 6.07) is 14.5. The number of carboxylic acid groups (broad SMARTS) is 1. The van der Waals surface area contributed by atoms with Crippen molar-refractivity contribution in [2.75, 3.05) is 6.54 Å². The fourth-order valence-electron chi connectivity index (χ4n) is 3.31. The Hall–Kier alpha value is -3.65. The van der Waals surface area contributed by atoms with Crippen molar-refractivity contribution in [2.45, 2.75) is 24.9 Å². The van der Waals surface area contributed by atoms with Crippen LogP contribution in [0.5, 0.6) is 0 Å². The fraction of sp³-hybridized carbons (Fsp3) is 0.227. The molecule has 0 aliphatic rings. The maximum Gasteiger partial charge on any atom is 0.326 e. The highest BCUT2D eigenvalue weighted by molar-refractivity contribution is 5.92. The van der Waals surface area contributed by atoms with Gasteiger partial charge in [-0.05, 0) is 17.2 Å². The summed E-state index contributed by atoms with van der Waals surface area (Å²) in [7, 11) is 0. The van der Waals surface area contributed by atoms with Gasteiger partial charge in [0.15, 0.2) is 0 Å². The third-order valence-electron chi connectivity index (χ3n) is 4.83. The molecule has 2 aromatic carbocycles. The highest BCUT2D eigenvalue weighted by Crippen LogP contribution is 2.19. The van der Waals surface area contributed by atoms with Crippen molar-refractivity contribution < 1.29 is 19.5 Å². The van der Waals surface area contributed by atoms with Crippen LogP contribution in [0.25, 0.3) is 10.9 Å². The van der Waals surface area contributed by atoms with E-state index in [0.29, 0.717) is 0 Å². The number of nitrogens with one attached hydrogen (secondary N) is 3. The number of rotatable bonds is 9. The van der Waals surface area contributed by atoms with Crippen molar-refractivity contribution in [3.63, 3.8) is 0 Å². The number of amides is 2. The summed E-state index contributed by atoms with van der Waals surface area (Å²) in [5, 5.41) is 15.6. The first kappa shape index (κ1) is 21.1. The molecule has 3 rings (SSSR count). The van der Waals surface area contributed by atoms with Gasteiger partial charge in [0, 0.05) is 29.9 Å². The van der Waals surface area contributed by atoms with Crippen LogP contribution in [0.3, 0.4) is 0 Å². The number of nitrogens with two attached hydrogens (primary N) is 1. The summed E-state index contributed by atoms with van der Waals surface area (Å²) in [4.78, 5) is 39.6. The molecule has 0 bridgehead atoms. The molecule has 2 unspecified atom stereocenters. The molecular weight excluding hydrogens is 384 g/mol. The number of hydrogen-bond donors (Lipinski definition) is 5. The first-order valence-electron chi connectivity index (χ1n) is 9.59. The van der Waals surface area contributed by atoms with E-state index in [1.54, 1.807) is 30.5 Å². The second kappa shape index (κ2) is 9.71. The average molecular weight is 408 g/mol. The zero-order valence-electron chi connectivity index (χ0n) is 16.3. The minimum Gasteiger partial charge on any atom is -0.480 e. The van der Waals surface area contributed by atoms with Crippen molar-refractivity contribution in [2.24, 2.45) is 5.73 Å². The van der Waals surface area contributed by atoms with E-state index in [2.05, 4.69) is 15.6 Å². The summed E-state index contributed by atoms with van der Waals surface area (Å²) >= 11 is 0. The molecule has 8 nitrogen and oxygen atoms in total. The minimum atomic E-state index is -1.15. The Labute approximate surface area is 173 Å². The Kier molecular flexibility index (Phi) is 6.82. The second-order valence-corrected chi connectivity index (χ2v) is 6.98. The molecule has 0 spiro atoms. The van der Waals surface area contributed by atoms with Gasteiger partial charge in [-0.25, -0.2) is 4.79 Å². The lowest BCUT2D eigenvalue weighted by Gasteiger charge is -2.21. The summed E-state index contributed by atoms with van der Waals surface area (Å²) < 4.78 is 0. The van der Waals surface area contributed by atoms with Gasteiger partial charge in [0.1, 0.15) is 12.1 Å². The number of carbonyl (C=O) groups excluding carboxylic acids is 2. The summed E-state index contributed by atoms with van der Waals surface area (Å²) in [6.45, 7) is -0.274. The predicted octanol–water partition coefficient (Wildman–Crippen LogP) is 0.966. The molecule has 2 atom stereocenters. The topological polar surface area (TPSA) is 137 Å². The standard InChI is InChI=1S/C22H24N4O4/c23-12-20(27)25-18(11-15-13-24-17-9-5-4-8-16(15)17)21(28)26-19(22(29)30)10-14-6-2-1-3-7-14/h1-9,13,18-19,24H,10-12,23H2,(H,25,27)(H,26,28)(H,29,30). The van der Waals surface area contributed by atoms with Crippen molar-refractivity contribution in [3.05, 3.63) is 71.9 Å². The Morgan fingerprint density at radius 1 is 0.933 bits per heavy atom. The van der Waals surface area contributed by atoms with E-state index >= 15 is 0 Å². The highest BCUT2D eigenvalue weighted by Gasteiger charge is 2.27. The lowest BCUT2D eigenvalue weighted by molar-refractivity contribution is -0.142. The Morgan fingerprint density at radius 3 is 2.33 bits per heavy atom. The maximum atomic E-state index is 12.9. The van der Waals surface area contributed by atoms with Crippen LogP contribution >= 0.6 is 0 Å². The molecule has 3 aromatic rings. The minimum absolute atomic E-state index is 0.132. The second-order valence-electron chi connectivity index (χ2n) is 6.98. The van der Waals surface area contributed by atoms with Crippen LogP contribution in [0.1, 0.15) is 11.1 Å². The quantitative estimate of drug-likeness (QED) is 0.359. The smallest absolute Gasteiger partial charge is 0.326 e. The van der Waals surface area contributed by atoms with Gasteiger partial charge < -0.3 is 26.5 Å². The molecule has 0 radical (unpaired) electrons. The van der Waals surface area contributed by atoms with Gasteiger partial charge >= 0.3 is 5.97 Å². The molecule has 6 N–H and O–H groups in total. The number of para-hydroxylation sites is 1. The van der Waals surface area contributed by atoms with E-state index in [0.717, 1.165) is 22.0 Å². The van der Waals surface area contributed by atoms with Crippen LogP contribution in [0.2, 0.25) is 0 Å². The molecule has 1 heterocycles. The summed E-state index contributed by atoms with van der Waals surface area (Å²) in [5.74, 6) is -2.22. The fourth-order valence-corrected chi connectivity index (χ4v) is 3.31. The highest BCUT2D eigenvalue weighted by atomic mass is 16.4. The van der Waals surface area contributed by atoms with Gasteiger partial charge in [0.25, 0.3) is 0 Å². The third kappa shape index (κ3) is 5.24. The van der Waals surface area contributed by atoms with Gasteiger partial charge in [0.2, 0.25) is 11.8 Å². The molecule has 0 aliphatic heterocycles. The molecular formula is C22H24N4O4. The lowest BCUT2D eigenvalue weighted by atomic mass is 10.0. The van der Waals surface area contributed by atoms with E-state index < -0.39 is 29.9 Å².